The minimum absolute atomic E-state index is 0.423. The standard InChI is InChI=1S/C63H40N2S/c1-4-18-41(19-5-1)62-64-58(40-59(65-62)54-31-17-30-53-52-29-13-15-33-60(52)66-61(53)54)51-36-35-47(48-26-10-11-27-49(48)51)44-21-16-20-42(38-44)43-34-37-57-55(39-43)50-28-12-14-32-56(50)63(57,45-22-6-2-7-23-45)46-24-8-3-9-25-46/h1-40H. The normalized spacial score (nSPS) is 12.7. The highest BCUT2D eigenvalue weighted by molar-refractivity contribution is 7.26. The fourth-order valence-corrected chi connectivity index (χ4v) is 11.9. The highest BCUT2D eigenvalue weighted by Crippen LogP contribution is 2.56. The smallest absolute Gasteiger partial charge is 0.160 e. The van der Waals surface area contributed by atoms with Gasteiger partial charge in [-0.05, 0) is 90.7 Å². The van der Waals surface area contributed by atoms with E-state index in [4.69, 9.17) is 9.97 Å². The van der Waals surface area contributed by atoms with Crippen LogP contribution in [-0.2, 0) is 5.41 Å². The van der Waals surface area contributed by atoms with Crippen LogP contribution in [0.4, 0.5) is 0 Å². The van der Waals surface area contributed by atoms with Crippen molar-refractivity contribution < 1.29 is 0 Å². The lowest BCUT2D eigenvalue weighted by Crippen LogP contribution is -2.28. The van der Waals surface area contributed by atoms with Crippen molar-refractivity contribution in [2.75, 3.05) is 0 Å². The fraction of sp³-hybridized carbons (Fsp3) is 0.0159. The van der Waals surface area contributed by atoms with Crippen molar-refractivity contribution in [3.63, 3.8) is 0 Å². The van der Waals surface area contributed by atoms with E-state index < -0.39 is 5.41 Å². The van der Waals surface area contributed by atoms with Crippen molar-refractivity contribution >= 4 is 42.3 Å². The molecule has 0 fully saturated rings. The van der Waals surface area contributed by atoms with E-state index in [1.165, 1.54) is 81.2 Å². The van der Waals surface area contributed by atoms with Gasteiger partial charge in [0.05, 0.1) is 16.8 Å². The Kier molecular flexibility index (Phi) is 8.97. The second-order valence-electron chi connectivity index (χ2n) is 17.2. The molecule has 0 N–H and O–H groups in total. The monoisotopic (exact) mass is 856 g/mol. The average molecular weight is 857 g/mol. The SMILES string of the molecule is c1ccc(-c2nc(-c3ccc(-c4cccc(-c5ccc6c(c5)-c5ccccc5C6(c5ccccc5)c5ccccc5)c4)c4ccccc34)cc(-c3cccc4c3sc3ccccc34)n2)cc1. The van der Waals surface area contributed by atoms with Crippen LogP contribution in [0, 0.1) is 0 Å². The van der Waals surface area contributed by atoms with E-state index in [9.17, 15) is 0 Å². The van der Waals surface area contributed by atoms with Crippen molar-refractivity contribution in [2.24, 2.45) is 0 Å². The van der Waals surface area contributed by atoms with Gasteiger partial charge < -0.3 is 0 Å². The molecule has 66 heavy (non-hydrogen) atoms. The van der Waals surface area contributed by atoms with Gasteiger partial charge in [-0.2, -0.15) is 0 Å². The molecule has 0 spiro atoms. The molecule has 3 heteroatoms. The Hall–Kier alpha value is -8.24. The van der Waals surface area contributed by atoms with Crippen LogP contribution in [0.25, 0.3) is 98.2 Å². The van der Waals surface area contributed by atoms with Crippen molar-refractivity contribution in [2.45, 2.75) is 5.41 Å². The number of aromatic nitrogens is 2. The van der Waals surface area contributed by atoms with Crippen LogP contribution in [0.1, 0.15) is 22.3 Å². The third-order valence-electron chi connectivity index (χ3n) is 13.6. The molecule has 1 aliphatic rings. The molecular weight excluding hydrogens is 817 g/mol. The molecular formula is C63H40N2S. The minimum Gasteiger partial charge on any atom is -0.228 e. The molecule has 0 radical (unpaired) electrons. The molecule has 2 heterocycles. The van der Waals surface area contributed by atoms with Gasteiger partial charge in [0.25, 0.3) is 0 Å². The maximum absolute atomic E-state index is 5.31. The van der Waals surface area contributed by atoms with Gasteiger partial charge in [-0.1, -0.05) is 218 Å². The lowest BCUT2D eigenvalue weighted by molar-refractivity contribution is 0.768. The first kappa shape index (κ1) is 38.2. The fourth-order valence-electron chi connectivity index (χ4n) is 10.7. The zero-order chi connectivity index (χ0) is 43.6. The quantitative estimate of drug-likeness (QED) is 0.160. The van der Waals surface area contributed by atoms with E-state index in [1.54, 1.807) is 0 Å². The van der Waals surface area contributed by atoms with Crippen LogP contribution < -0.4 is 0 Å². The number of hydrogen-bond donors (Lipinski definition) is 0. The summed E-state index contributed by atoms with van der Waals surface area (Å²) in [5.41, 5.74) is 17.0. The summed E-state index contributed by atoms with van der Waals surface area (Å²) < 4.78 is 2.51. The molecule has 0 aliphatic heterocycles. The van der Waals surface area contributed by atoms with Crippen LogP contribution >= 0.6 is 11.3 Å². The van der Waals surface area contributed by atoms with E-state index >= 15 is 0 Å². The number of thiophene rings is 1. The van der Waals surface area contributed by atoms with Crippen molar-refractivity contribution in [3.05, 3.63) is 265 Å². The van der Waals surface area contributed by atoms with Gasteiger partial charge in [-0.25, -0.2) is 9.97 Å². The average Bonchev–Trinajstić information content (AvgIpc) is 3.93. The van der Waals surface area contributed by atoms with E-state index in [1.807, 2.05) is 17.4 Å². The van der Waals surface area contributed by atoms with Crippen molar-refractivity contribution in [1.29, 1.82) is 0 Å². The first-order valence-electron chi connectivity index (χ1n) is 22.6. The van der Waals surface area contributed by atoms with Crippen molar-refractivity contribution in [1.82, 2.24) is 9.97 Å². The van der Waals surface area contributed by atoms with E-state index in [0.29, 0.717) is 5.82 Å². The summed E-state index contributed by atoms with van der Waals surface area (Å²) in [5, 5.41) is 4.86. The predicted molar refractivity (Wildman–Crippen MR) is 277 cm³/mol. The largest absolute Gasteiger partial charge is 0.228 e. The first-order valence-corrected chi connectivity index (χ1v) is 23.4. The molecule has 13 rings (SSSR count). The molecule has 12 aromatic rings. The number of fused-ring (bicyclic) bond motifs is 7. The molecule has 0 saturated heterocycles. The molecule has 1 aliphatic carbocycles. The lowest BCUT2D eigenvalue weighted by Gasteiger charge is -2.33. The van der Waals surface area contributed by atoms with Gasteiger partial charge in [0.2, 0.25) is 0 Å². The van der Waals surface area contributed by atoms with Crippen LogP contribution in [0.2, 0.25) is 0 Å². The summed E-state index contributed by atoms with van der Waals surface area (Å²) in [6, 6.07) is 88.2. The number of hydrogen-bond acceptors (Lipinski definition) is 3. The summed E-state index contributed by atoms with van der Waals surface area (Å²) in [6.45, 7) is 0. The van der Waals surface area contributed by atoms with Gasteiger partial charge in [0.15, 0.2) is 5.82 Å². The molecule has 0 unspecified atom stereocenters. The third kappa shape index (κ3) is 6.01. The van der Waals surface area contributed by atoms with Gasteiger partial charge in [-0.15, -0.1) is 11.3 Å². The van der Waals surface area contributed by atoms with Gasteiger partial charge in [0, 0.05) is 36.9 Å². The first-order chi connectivity index (χ1) is 32.7. The maximum Gasteiger partial charge on any atom is 0.160 e. The molecule has 10 aromatic carbocycles. The number of nitrogens with zero attached hydrogens (tertiary/aromatic N) is 2. The second kappa shape index (κ2) is 15.5. The number of rotatable bonds is 7. The van der Waals surface area contributed by atoms with Crippen LogP contribution in [-0.4, -0.2) is 9.97 Å². The zero-order valence-electron chi connectivity index (χ0n) is 35.9. The zero-order valence-corrected chi connectivity index (χ0v) is 36.7. The molecule has 0 bridgehead atoms. The molecule has 308 valence electrons. The Morgan fingerprint density at radius 2 is 0.833 bits per heavy atom. The Bertz CT molecular complexity index is 3780. The highest BCUT2D eigenvalue weighted by atomic mass is 32.1. The van der Waals surface area contributed by atoms with Crippen LogP contribution in [0.15, 0.2) is 243 Å². The number of benzene rings is 10. The molecule has 2 aromatic heterocycles. The Morgan fingerprint density at radius 1 is 0.303 bits per heavy atom. The maximum atomic E-state index is 5.31. The molecule has 2 nitrogen and oxygen atoms in total. The third-order valence-corrected chi connectivity index (χ3v) is 14.8. The summed E-state index contributed by atoms with van der Waals surface area (Å²) in [4.78, 5) is 10.6. The molecule has 0 atom stereocenters. The van der Waals surface area contributed by atoms with E-state index in [-0.39, 0.29) is 0 Å². The van der Waals surface area contributed by atoms with Gasteiger partial charge >= 0.3 is 0 Å². The Morgan fingerprint density at radius 3 is 1.61 bits per heavy atom. The minimum atomic E-state index is -0.423. The van der Waals surface area contributed by atoms with Crippen LogP contribution in [0.5, 0.6) is 0 Å². The van der Waals surface area contributed by atoms with E-state index in [2.05, 4.69) is 237 Å². The summed E-state index contributed by atoms with van der Waals surface area (Å²) >= 11 is 1.83. The highest BCUT2D eigenvalue weighted by Gasteiger charge is 2.46. The summed E-state index contributed by atoms with van der Waals surface area (Å²) in [5.74, 6) is 0.712. The second-order valence-corrected chi connectivity index (χ2v) is 18.2. The lowest BCUT2D eigenvalue weighted by atomic mass is 9.67. The molecule has 0 amide bonds. The predicted octanol–water partition coefficient (Wildman–Crippen LogP) is 16.7. The van der Waals surface area contributed by atoms with E-state index in [0.717, 1.165) is 33.5 Å². The summed E-state index contributed by atoms with van der Waals surface area (Å²) in [7, 11) is 0. The van der Waals surface area contributed by atoms with Gasteiger partial charge in [-0.3, -0.25) is 0 Å². The molecule has 0 saturated carbocycles. The summed E-state index contributed by atoms with van der Waals surface area (Å²) in [6.07, 6.45) is 0. The Labute approximate surface area is 387 Å². The van der Waals surface area contributed by atoms with Crippen molar-refractivity contribution in [3.8, 4) is 67.3 Å². The van der Waals surface area contributed by atoms with Crippen LogP contribution in [0.3, 0.4) is 0 Å². The Balaban J connectivity index is 0.938. The van der Waals surface area contributed by atoms with Gasteiger partial charge in [0.1, 0.15) is 0 Å². The topological polar surface area (TPSA) is 25.8 Å².